The zero-order valence-electron chi connectivity index (χ0n) is 10.5. The van der Waals surface area contributed by atoms with Crippen molar-refractivity contribution >= 4 is 23.1 Å². The lowest BCUT2D eigenvalue weighted by atomic mass is 10.3. The summed E-state index contributed by atoms with van der Waals surface area (Å²) in [7, 11) is 2.82. The molecule has 1 aromatic heterocycles. The van der Waals surface area contributed by atoms with E-state index in [9.17, 15) is 9.90 Å². The smallest absolute Gasteiger partial charge is 0.211 e. The maximum absolute atomic E-state index is 9.51. The highest BCUT2D eigenvalue weighted by molar-refractivity contribution is 8.93. The Kier molecular flexibility index (Phi) is 9.36. The number of pyridine rings is 1. The summed E-state index contributed by atoms with van der Waals surface area (Å²) < 4.78 is 1.95. The summed E-state index contributed by atoms with van der Waals surface area (Å²) in [5.41, 5.74) is 0. The van der Waals surface area contributed by atoms with Gasteiger partial charge in [-0.15, -0.1) is 17.0 Å². The molecule has 6 heteroatoms. The minimum atomic E-state index is -1.16. The molecule has 0 saturated carbocycles. The van der Waals surface area contributed by atoms with Gasteiger partial charge < -0.3 is 19.9 Å². The van der Waals surface area contributed by atoms with Crippen molar-refractivity contribution in [3.63, 3.8) is 0 Å². The van der Waals surface area contributed by atoms with Crippen LogP contribution >= 0.6 is 17.0 Å². The molecule has 0 aliphatic heterocycles. The number of carbonyl (C=O) groups excluding carboxylic acids is 1. The van der Waals surface area contributed by atoms with Crippen LogP contribution in [0.1, 0.15) is 19.9 Å². The molecule has 0 aliphatic carbocycles. The van der Waals surface area contributed by atoms with Crippen molar-refractivity contribution < 1.29 is 19.6 Å². The molecule has 0 radical (unpaired) electrons. The van der Waals surface area contributed by atoms with Crippen LogP contribution in [0.15, 0.2) is 24.5 Å². The molecule has 0 spiro atoms. The first kappa shape index (κ1) is 18.1. The number of carboxylic acid groups (broad SMARTS) is 1. The summed E-state index contributed by atoms with van der Waals surface area (Å²) in [5.74, 6) is 0.316. The number of hydrogen-bond acceptors (Lipinski definition) is 3. The van der Waals surface area contributed by atoms with Gasteiger partial charge in [0.05, 0.1) is 0 Å². The highest BCUT2D eigenvalue weighted by Gasteiger charge is 2.04. The van der Waals surface area contributed by atoms with Crippen LogP contribution in [0.3, 0.4) is 0 Å². The number of halogens is 1. The number of rotatable bonds is 1. The molecule has 1 aromatic rings. The Hall–Kier alpha value is -1.30. The van der Waals surface area contributed by atoms with E-state index in [1.807, 2.05) is 16.8 Å². The first-order valence-electron chi connectivity index (χ1n) is 4.92. The van der Waals surface area contributed by atoms with Crippen molar-refractivity contribution in [2.75, 3.05) is 14.1 Å². The summed E-state index contributed by atoms with van der Waals surface area (Å²) in [6.45, 7) is 4.14. The average molecular weight is 307 g/mol. The Morgan fingerprint density at radius 2 is 1.94 bits per heavy atom. The van der Waals surface area contributed by atoms with E-state index < -0.39 is 6.09 Å². The normalized spacial score (nSPS) is 8.76. The number of aromatic nitrogens is 1. The molecule has 1 rings (SSSR count). The third kappa shape index (κ3) is 8.50. The summed E-state index contributed by atoms with van der Waals surface area (Å²) in [6, 6.07) is 3.90. The third-order valence-corrected chi connectivity index (χ3v) is 1.77. The topological polar surface area (TPSA) is 67.5 Å². The maximum Gasteiger partial charge on any atom is 0.211 e. The molecule has 0 bridgehead atoms. The second-order valence-electron chi connectivity index (χ2n) is 3.76. The van der Waals surface area contributed by atoms with Gasteiger partial charge in [-0.25, -0.2) is 0 Å². The molecule has 0 fully saturated rings. The summed E-state index contributed by atoms with van der Waals surface area (Å²) in [4.78, 5) is 10.5. The predicted molar refractivity (Wildman–Crippen MR) is 68.1 cm³/mol. The largest absolute Gasteiger partial charge is 0.530 e. The Morgan fingerprint density at radius 1 is 1.47 bits per heavy atom. The minimum Gasteiger partial charge on any atom is -0.530 e. The van der Waals surface area contributed by atoms with Crippen LogP contribution < -0.4 is 9.67 Å². The SMILES string of the molecule is Br.CC(C)[n+]1cccc(O)c1.CN(C)C(=O)[O-]. The van der Waals surface area contributed by atoms with Crippen LogP contribution in [0.2, 0.25) is 0 Å². The van der Waals surface area contributed by atoms with Crippen LogP contribution in [0, 0.1) is 0 Å². The van der Waals surface area contributed by atoms with E-state index in [0.29, 0.717) is 11.8 Å². The molecule has 0 atom stereocenters. The number of hydrogen-bond donors (Lipinski definition) is 1. The summed E-state index contributed by atoms with van der Waals surface area (Å²) in [5, 5.41) is 18.6. The van der Waals surface area contributed by atoms with Crippen molar-refractivity contribution in [2.45, 2.75) is 19.9 Å². The molecule has 17 heavy (non-hydrogen) atoms. The fraction of sp³-hybridized carbons (Fsp3) is 0.455. The van der Waals surface area contributed by atoms with Gasteiger partial charge >= 0.3 is 0 Å². The number of aromatic hydroxyl groups is 1. The molecule has 98 valence electrons. The van der Waals surface area contributed by atoms with Crippen molar-refractivity contribution in [1.29, 1.82) is 0 Å². The van der Waals surface area contributed by atoms with Gasteiger partial charge in [-0.3, -0.25) is 0 Å². The molecule has 1 amide bonds. The van der Waals surface area contributed by atoms with Crippen LogP contribution in [0.25, 0.3) is 0 Å². The average Bonchev–Trinajstić information content (AvgIpc) is 2.18. The van der Waals surface area contributed by atoms with Gasteiger partial charge in [0.25, 0.3) is 0 Å². The zero-order chi connectivity index (χ0) is 12.7. The highest BCUT2D eigenvalue weighted by atomic mass is 79.9. The second kappa shape index (κ2) is 8.81. The predicted octanol–water partition coefficient (Wildman–Crippen LogP) is 0.730. The van der Waals surface area contributed by atoms with E-state index in [1.165, 1.54) is 14.1 Å². The van der Waals surface area contributed by atoms with Gasteiger partial charge in [-0.05, 0) is 19.9 Å². The standard InChI is InChI=1S/C8H11NO.C3H7NO2.BrH/c1-7(2)9-5-3-4-8(10)6-9;1-4(2)3(5)6;/h3-7H,1-2H3;1-2H3,(H,5,6);1H. The summed E-state index contributed by atoms with van der Waals surface area (Å²) >= 11 is 0. The van der Waals surface area contributed by atoms with Gasteiger partial charge in [-0.2, -0.15) is 4.57 Å². The van der Waals surface area contributed by atoms with Crippen LogP contribution in [0.5, 0.6) is 5.75 Å². The van der Waals surface area contributed by atoms with Gasteiger partial charge in [0.15, 0.2) is 18.0 Å². The Bertz CT molecular complexity index is 343. The number of carbonyl (C=O) groups is 1. The molecule has 0 saturated heterocycles. The van der Waals surface area contributed by atoms with Crippen molar-refractivity contribution in [3.05, 3.63) is 24.5 Å². The Balaban J connectivity index is 0. The van der Waals surface area contributed by atoms with Gasteiger partial charge in [0, 0.05) is 20.2 Å². The molecule has 0 aromatic carbocycles. The quantitative estimate of drug-likeness (QED) is 0.778. The molecular weight excluding hydrogens is 288 g/mol. The Morgan fingerprint density at radius 3 is 2.18 bits per heavy atom. The van der Waals surface area contributed by atoms with E-state index in [1.54, 1.807) is 12.3 Å². The second-order valence-corrected chi connectivity index (χ2v) is 3.76. The monoisotopic (exact) mass is 306 g/mol. The fourth-order valence-corrected chi connectivity index (χ4v) is 0.801. The number of amides is 1. The lowest BCUT2D eigenvalue weighted by Gasteiger charge is -2.10. The molecule has 5 nitrogen and oxygen atoms in total. The lowest BCUT2D eigenvalue weighted by molar-refractivity contribution is -0.716. The summed E-state index contributed by atoms with van der Waals surface area (Å²) in [6.07, 6.45) is 2.49. The molecule has 1 N–H and O–H groups in total. The van der Waals surface area contributed by atoms with Gasteiger partial charge in [0.1, 0.15) is 6.09 Å². The maximum atomic E-state index is 9.51. The van der Waals surface area contributed by atoms with E-state index in [4.69, 9.17) is 5.11 Å². The minimum absolute atomic E-state index is 0. The molecule has 0 unspecified atom stereocenters. The van der Waals surface area contributed by atoms with Gasteiger partial charge in [-0.1, -0.05) is 0 Å². The van der Waals surface area contributed by atoms with Crippen LogP contribution in [-0.2, 0) is 0 Å². The molecule has 0 aliphatic rings. The lowest BCUT2D eigenvalue weighted by Crippen LogP contribution is -2.35. The van der Waals surface area contributed by atoms with E-state index in [0.717, 1.165) is 4.90 Å². The van der Waals surface area contributed by atoms with Crippen LogP contribution in [-0.4, -0.2) is 30.2 Å². The third-order valence-electron chi connectivity index (χ3n) is 1.77. The van der Waals surface area contributed by atoms with Crippen molar-refractivity contribution in [1.82, 2.24) is 4.90 Å². The molecule has 1 heterocycles. The first-order valence-corrected chi connectivity index (χ1v) is 4.92. The molecular formula is C11H19BrN2O3. The van der Waals surface area contributed by atoms with Gasteiger partial charge in [0.2, 0.25) is 6.20 Å². The van der Waals surface area contributed by atoms with Crippen LogP contribution in [0.4, 0.5) is 4.79 Å². The first-order chi connectivity index (χ1) is 7.34. The Labute approximate surface area is 112 Å². The fourth-order valence-electron chi connectivity index (χ4n) is 0.801. The number of nitrogens with zero attached hydrogens (tertiary/aromatic N) is 2. The zero-order valence-corrected chi connectivity index (χ0v) is 12.2. The van der Waals surface area contributed by atoms with E-state index >= 15 is 0 Å². The van der Waals surface area contributed by atoms with E-state index in [2.05, 4.69) is 13.8 Å². The van der Waals surface area contributed by atoms with Crippen molar-refractivity contribution in [3.8, 4) is 5.75 Å². The highest BCUT2D eigenvalue weighted by Crippen LogP contribution is 2.02. The van der Waals surface area contributed by atoms with Crippen molar-refractivity contribution in [2.24, 2.45) is 0 Å². The van der Waals surface area contributed by atoms with E-state index in [-0.39, 0.29) is 17.0 Å².